The Morgan fingerprint density at radius 3 is 2.76 bits per heavy atom. The molecule has 1 amide bonds. The highest BCUT2D eigenvalue weighted by molar-refractivity contribution is 5.88. The summed E-state index contributed by atoms with van der Waals surface area (Å²) in [4.78, 5) is 26.3. The summed E-state index contributed by atoms with van der Waals surface area (Å²) in [6.07, 6.45) is 1.26. The molecular formula is C18H14FN3O3. The number of carbonyl (C=O) groups is 1. The zero-order chi connectivity index (χ0) is 17.6. The van der Waals surface area contributed by atoms with Crippen molar-refractivity contribution < 1.29 is 13.9 Å². The van der Waals surface area contributed by atoms with Gasteiger partial charge in [0.25, 0.3) is 11.5 Å². The van der Waals surface area contributed by atoms with Crippen LogP contribution in [0.4, 0.5) is 4.39 Å². The molecule has 2 aromatic carbocycles. The van der Waals surface area contributed by atoms with Crippen molar-refractivity contribution >= 4 is 23.0 Å². The van der Waals surface area contributed by atoms with E-state index in [1.54, 1.807) is 12.1 Å². The highest BCUT2D eigenvalue weighted by Crippen LogP contribution is 2.11. The van der Waals surface area contributed by atoms with Gasteiger partial charge in [-0.3, -0.25) is 9.59 Å². The first-order valence-corrected chi connectivity index (χ1v) is 7.44. The van der Waals surface area contributed by atoms with Crippen molar-refractivity contribution in [3.05, 3.63) is 76.3 Å². The Kier molecular flexibility index (Phi) is 4.84. The van der Waals surface area contributed by atoms with Crippen LogP contribution in [0.2, 0.25) is 0 Å². The van der Waals surface area contributed by atoms with Gasteiger partial charge in [0.2, 0.25) is 0 Å². The van der Waals surface area contributed by atoms with Gasteiger partial charge in [-0.1, -0.05) is 18.2 Å². The Morgan fingerprint density at radius 1 is 1.20 bits per heavy atom. The molecule has 25 heavy (non-hydrogen) atoms. The number of ether oxygens (including phenoxy) is 1. The third kappa shape index (κ3) is 4.29. The second-order valence-electron chi connectivity index (χ2n) is 5.18. The van der Waals surface area contributed by atoms with Gasteiger partial charge in [0, 0.05) is 5.52 Å². The summed E-state index contributed by atoms with van der Waals surface area (Å²) in [5.74, 6) is -0.522. The van der Waals surface area contributed by atoms with Crippen molar-refractivity contribution in [3.8, 4) is 5.75 Å². The first kappa shape index (κ1) is 16.4. The molecule has 3 aromatic rings. The number of nitrogens with zero attached hydrogens (tertiary/aromatic N) is 1. The van der Waals surface area contributed by atoms with Crippen LogP contribution in [0.25, 0.3) is 10.9 Å². The monoisotopic (exact) mass is 339 g/mol. The van der Waals surface area contributed by atoms with E-state index in [1.165, 1.54) is 30.5 Å². The first-order valence-electron chi connectivity index (χ1n) is 7.44. The predicted molar refractivity (Wildman–Crippen MR) is 92.2 cm³/mol. The van der Waals surface area contributed by atoms with Crippen molar-refractivity contribution in [2.24, 2.45) is 5.10 Å². The molecule has 0 bridgehead atoms. The van der Waals surface area contributed by atoms with E-state index < -0.39 is 5.91 Å². The molecule has 0 fully saturated rings. The second-order valence-corrected chi connectivity index (χ2v) is 5.18. The maximum atomic E-state index is 12.8. The summed E-state index contributed by atoms with van der Waals surface area (Å²) in [6, 6.07) is 14.3. The number of hydrazone groups is 1. The number of nitrogens with one attached hydrogen (secondary N) is 2. The number of carbonyl (C=O) groups excluding carboxylic acids is 1. The van der Waals surface area contributed by atoms with Crippen molar-refractivity contribution in [1.82, 2.24) is 10.4 Å². The molecule has 126 valence electrons. The minimum Gasteiger partial charge on any atom is -0.484 e. The largest absolute Gasteiger partial charge is 0.484 e. The van der Waals surface area contributed by atoms with E-state index in [0.29, 0.717) is 11.3 Å². The number of fused-ring (bicyclic) bond motifs is 1. The minimum atomic E-state index is -0.502. The van der Waals surface area contributed by atoms with Gasteiger partial charge in [0.15, 0.2) is 6.61 Å². The van der Waals surface area contributed by atoms with Crippen molar-refractivity contribution in [2.75, 3.05) is 6.61 Å². The Hall–Kier alpha value is -3.48. The van der Waals surface area contributed by atoms with Gasteiger partial charge in [-0.15, -0.1) is 0 Å². The Bertz CT molecular complexity index is 981. The number of rotatable bonds is 5. The Labute approximate surface area is 142 Å². The maximum absolute atomic E-state index is 12.8. The number of H-pyrrole nitrogens is 1. The molecule has 0 aliphatic heterocycles. The number of halogens is 1. The van der Waals surface area contributed by atoms with Crippen molar-refractivity contribution in [3.63, 3.8) is 0 Å². The molecule has 0 saturated heterocycles. The molecular weight excluding hydrogens is 325 g/mol. The van der Waals surface area contributed by atoms with Crippen molar-refractivity contribution in [1.29, 1.82) is 0 Å². The average molecular weight is 339 g/mol. The number of pyridine rings is 1. The van der Waals surface area contributed by atoms with Gasteiger partial charge in [0.1, 0.15) is 11.6 Å². The molecule has 0 aliphatic rings. The molecule has 0 spiro atoms. The molecule has 0 unspecified atom stereocenters. The van der Waals surface area contributed by atoms with Crippen LogP contribution in [0.1, 0.15) is 5.56 Å². The molecule has 0 atom stereocenters. The highest BCUT2D eigenvalue weighted by atomic mass is 19.1. The van der Waals surface area contributed by atoms with Gasteiger partial charge in [-0.05, 0) is 41.8 Å². The van der Waals surface area contributed by atoms with Crippen LogP contribution < -0.4 is 15.7 Å². The zero-order valence-electron chi connectivity index (χ0n) is 13.0. The van der Waals surface area contributed by atoms with E-state index in [0.717, 1.165) is 10.9 Å². The minimum absolute atomic E-state index is 0.281. The van der Waals surface area contributed by atoms with E-state index in [-0.39, 0.29) is 18.0 Å². The smallest absolute Gasteiger partial charge is 0.277 e. The normalized spacial score (nSPS) is 10.9. The third-order valence-electron chi connectivity index (χ3n) is 3.36. The van der Waals surface area contributed by atoms with Crippen LogP contribution in [-0.4, -0.2) is 23.7 Å². The van der Waals surface area contributed by atoms with Crippen LogP contribution in [0.3, 0.4) is 0 Å². The number of benzene rings is 2. The Balaban J connectivity index is 1.59. The average Bonchev–Trinajstić information content (AvgIpc) is 2.61. The zero-order valence-corrected chi connectivity index (χ0v) is 13.0. The Morgan fingerprint density at radius 2 is 1.96 bits per heavy atom. The summed E-state index contributed by atoms with van der Waals surface area (Å²) in [5.41, 5.74) is 3.00. The van der Waals surface area contributed by atoms with E-state index in [4.69, 9.17) is 4.74 Å². The molecule has 1 heterocycles. The summed E-state index contributed by atoms with van der Waals surface area (Å²) in [6.45, 7) is -0.281. The standard InChI is InChI=1S/C18H14FN3O3/c19-14-5-7-15(8-6-14)25-11-17(23)22-20-10-13-9-12-3-1-2-4-16(12)21-18(13)24/h1-10H,11H2,(H,21,24)(H,22,23)/b20-10+. The SMILES string of the molecule is O=C(COc1ccc(F)cc1)N/N=C/c1cc2ccccc2[nH]c1=O. The van der Waals surface area contributed by atoms with Gasteiger partial charge < -0.3 is 9.72 Å². The van der Waals surface area contributed by atoms with Crippen molar-refractivity contribution in [2.45, 2.75) is 0 Å². The third-order valence-corrected chi connectivity index (χ3v) is 3.36. The van der Waals surface area contributed by atoms with Crippen LogP contribution in [0, 0.1) is 5.82 Å². The van der Waals surface area contributed by atoms with E-state index >= 15 is 0 Å². The number of amides is 1. The van der Waals surface area contributed by atoms with E-state index in [9.17, 15) is 14.0 Å². The lowest BCUT2D eigenvalue weighted by molar-refractivity contribution is -0.123. The second kappa shape index (κ2) is 7.39. The maximum Gasteiger partial charge on any atom is 0.277 e. The lowest BCUT2D eigenvalue weighted by Crippen LogP contribution is -2.25. The topological polar surface area (TPSA) is 83.5 Å². The number of aromatic amines is 1. The molecule has 2 N–H and O–H groups in total. The molecule has 3 rings (SSSR count). The predicted octanol–water partition coefficient (Wildman–Crippen LogP) is 2.20. The quantitative estimate of drug-likeness (QED) is 0.552. The van der Waals surface area contributed by atoms with Crippen LogP contribution >= 0.6 is 0 Å². The first-order chi connectivity index (χ1) is 12.1. The van der Waals surface area contributed by atoms with Gasteiger partial charge >= 0.3 is 0 Å². The lowest BCUT2D eigenvalue weighted by atomic mass is 10.2. The molecule has 0 aliphatic carbocycles. The lowest BCUT2D eigenvalue weighted by Gasteiger charge is -2.04. The molecule has 0 radical (unpaired) electrons. The van der Waals surface area contributed by atoms with E-state index in [1.807, 2.05) is 18.2 Å². The van der Waals surface area contributed by atoms with Crippen LogP contribution in [0.15, 0.2) is 64.5 Å². The van der Waals surface area contributed by atoms with Crippen LogP contribution in [-0.2, 0) is 4.79 Å². The van der Waals surface area contributed by atoms with Crippen LogP contribution in [0.5, 0.6) is 5.75 Å². The fraction of sp³-hybridized carbons (Fsp3) is 0.0556. The summed E-state index contributed by atoms with van der Waals surface area (Å²) in [7, 11) is 0. The number of hydrogen-bond donors (Lipinski definition) is 2. The summed E-state index contributed by atoms with van der Waals surface area (Å²) >= 11 is 0. The van der Waals surface area contributed by atoms with Gasteiger partial charge in [0.05, 0.1) is 11.8 Å². The van der Waals surface area contributed by atoms with E-state index in [2.05, 4.69) is 15.5 Å². The molecule has 0 saturated carbocycles. The number of hydrogen-bond acceptors (Lipinski definition) is 4. The number of para-hydroxylation sites is 1. The molecule has 7 heteroatoms. The number of aromatic nitrogens is 1. The summed E-state index contributed by atoms with van der Waals surface area (Å²) in [5, 5.41) is 4.61. The van der Waals surface area contributed by atoms with Gasteiger partial charge in [-0.2, -0.15) is 5.10 Å². The fourth-order valence-corrected chi connectivity index (χ4v) is 2.15. The highest BCUT2D eigenvalue weighted by Gasteiger charge is 2.03. The summed E-state index contributed by atoms with van der Waals surface area (Å²) < 4.78 is 17.9. The molecule has 6 nitrogen and oxygen atoms in total. The molecule has 1 aromatic heterocycles. The van der Waals surface area contributed by atoms with Gasteiger partial charge in [-0.25, -0.2) is 9.82 Å². The fourth-order valence-electron chi connectivity index (χ4n) is 2.15.